The first kappa shape index (κ1) is 45.4. The molecule has 18 atom stereocenters. The minimum Gasteiger partial charge on any atom is -0.459 e. The summed E-state index contributed by atoms with van der Waals surface area (Å²) >= 11 is 0. The van der Waals surface area contributed by atoms with Crippen molar-refractivity contribution in [1.82, 2.24) is 9.80 Å². The van der Waals surface area contributed by atoms with Crippen LogP contribution in [0.3, 0.4) is 0 Å². The Balaban J connectivity index is 2.17. The monoisotopic (exact) mass is 749 g/mol. The number of carbonyl (C=O) groups excluding carboxylic acids is 1. The first-order chi connectivity index (χ1) is 23.9. The lowest BCUT2D eigenvalue weighted by atomic mass is 9.77. The van der Waals surface area contributed by atoms with E-state index >= 15 is 0 Å². The largest absolute Gasteiger partial charge is 0.459 e. The summed E-state index contributed by atoms with van der Waals surface area (Å²) in [6.45, 7) is 18.0. The molecule has 3 fully saturated rings. The van der Waals surface area contributed by atoms with Crippen molar-refractivity contribution in [3.8, 4) is 0 Å². The lowest BCUT2D eigenvalue weighted by Gasteiger charge is -2.48. The van der Waals surface area contributed by atoms with E-state index in [2.05, 4.69) is 0 Å². The molecule has 0 saturated carbocycles. The van der Waals surface area contributed by atoms with Gasteiger partial charge in [-0.3, -0.25) is 4.79 Å². The van der Waals surface area contributed by atoms with Gasteiger partial charge in [0.15, 0.2) is 12.6 Å². The molecule has 0 spiro atoms. The van der Waals surface area contributed by atoms with Crippen LogP contribution in [0.1, 0.15) is 94.9 Å². The number of aliphatic hydroxyl groups excluding tert-OH is 3. The average Bonchev–Trinajstić information content (AvgIpc) is 3.05. The number of esters is 1. The molecule has 3 saturated heterocycles. The fourth-order valence-corrected chi connectivity index (χ4v) is 8.74. The van der Waals surface area contributed by atoms with Crippen LogP contribution in [0.25, 0.3) is 0 Å². The Morgan fingerprint density at radius 2 is 1.56 bits per heavy atom. The van der Waals surface area contributed by atoms with Crippen molar-refractivity contribution in [3.05, 3.63) is 0 Å². The van der Waals surface area contributed by atoms with Crippen LogP contribution in [0.15, 0.2) is 0 Å². The quantitative estimate of drug-likeness (QED) is 0.238. The van der Waals surface area contributed by atoms with Crippen molar-refractivity contribution in [2.45, 2.75) is 185 Å². The smallest absolute Gasteiger partial charge is 0.311 e. The van der Waals surface area contributed by atoms with Gasteiger partial charge in [-0.2, -0.15) is 0 Å². The second-order valence-electron chi connectivity index (χ2n) is 17.2. The predicted octanol–water partition coefficient (Wildman–Crippen LogP) is 1.90. The SMILES string of the molecule is CC[C@H]1OC(=O)[C@H](C)C(OC2CC(C)(OC)C(O)C(C)O2)[C@H](C)C(OC2OC(C)CC(N(C)C)C2O)[C@](C)(O)C[C@@H](C)CN(C)[C@H](C)[C@@H](O)[C@]1(C)O. The maximum atomic E-state index is 14.2. The molecule has 14 nitrogen and oxygen atoms in total. The molecule has 5 N–H and O–H groups in total. The summed E-state index contributed by atoms with van der Waals surface area (Å²) in [5, 5.41) is 58.1. The van der Waals surface area contributed by atoms with Crippen molar-refractivity contribution < 1.29 is 58.7 Å². The van der Waals surface area contributed by atoms with Crippen molar-refractivity contribution >= 4 is 5.97 Å². The van der Waals surface area contributed by atoms with Crippen LogP contribution < -0.4 is 0 Å². The highest BCUT2D eigenvalue weighted by atomic mass is 16.7. The zero-order valence-corrected chi connectivity index (χ0v) is 34.2. The van der Waals surface area contributed by atoms with Crippen molar-refractivity contribution in [2.75, 3.05) is 34.8 Å². The minimum atomic E-state index is -1.80. The van der Waals surface area contributed by atoms with Crippen LogP contribution >= 0.6 is 0 Å². The third kappa shape index (κ3) is 10.0. The number of aliphatic hydroxyl groups is 5. The molecule has 3 rings (SSSR count). The van der Waals surface area contributed by atoms with E-state index in [-0.39, 0.29) is 37.3 Å². The number of hydrogen-bond acceptors (Lipinski definition) is 14. The summed E-state index contributed by atoms with van der Waals surface area (Å²) in [6, 6.07) is -0.808. The van der Waals surface area contributed by atoms with Crippen LogP contribution in [-0.2, 0) is 33.2 Å². The lowest BCUT2D eigenvalue weighted by Crippen LogP contribution is -2.60. The highest BCUT2D eigenvalue weighted by Crippen LogP contribution is 2.40. The van der Waals surface area contributed by atoms with Gasteiger partial charge in [0.2, 0.25) is 0 Å². The second-order valence-corrected chi connectivity index (χ2v) is 17.2. The summed E-state index contributed by atoms with van der Waals surface area (Å²) in [5.74, 6) is -2.58. The molecule has 0 aliphatic carbocycles. The molecule has 0 bridgehead atoms. The van der Waals surface area contributed by atoms with E-state index in [9.17, 15) is 30.3 Å². The highest BCUT2D eigenvalue weighted by molar-refractivity contribution is 5.73. The fraction of sp³-hybridized carbons (Fsp3) is 0.974. The highest BCUT2D eigenvalue weighted by Gasteiger charge is 2.52. The molecular formula is C38H72N2O12. The zero-order chi connectivity index (χ0) is 39.7. The zero-order valence-electron chi connectivity index (χ0n) is 34.2. The van der Waals surface area contributed by atoms with Crippen LogP contribution in [0.2, 0.25) is 0 Å². The van der Waals surface area contributed by atoms with Gasteiger partial charge in [-0.05, 0) is 94.8 Å². The van der Waals surface area contributed by atoms with Gasteiger partial charge in [-0.15, -0.1) is 0 Å². The third-order valence-corrected chi connectivity index (χ3v) is 12.2. The Bertz CT molecular complexity index is 1140. The van der Waals surface area contributed by atoms with Gasteiger partial charge in [0.1, 0.15) is 30.0 Å². The number of methoxy groups -OCH3 is 1. The molecule has 0 aromatic heterocycles. The summed E-state index contributed by atoms with van der Waals surface area (Å²) in [5.41, 5.74) is -4.37. The van der Waals surface area contributed by atoms with E-state index in [0.717, 1.165) is 0 Å². The number of nitrogens with zero attached hydrogens (tertiary/aromatic N) is 2. The Morgan fingerprint density at radius 1 is 0.942 bits per heavy atom. The van der Waals surface area contributed by atoms with Crippen LogP contribution in [-0.4, -0.2) is 166 Å². The minimum absolute atomic E-state index is 0.133. The molecule has 3 aliphatic rings. The third-order valence-electron chi connectivity index (χ3n) is 12.2. The lowest BCUT2D eigenvalue weighted by molar-refractivity contribution is -0.318. The Labute approximate surface area is 312 Å². The van der Waals surface area contributed by atoms with Crippen molar-refractivity contribution in [2.24, 2.45) is 17.8 Å². The molecule has 306 valence electrons. The van der Waals surface area contributed by atoms with Crippen LogP contribution in [0, 0.1) is 17.8 Å². The molecular weight excluding hydrogens is 676 g/mol. The molecule has 0 aromatic carbocycles. The van der Waals surface area contributed by atoms with Gasteiger partial charge in [-0.25, -0.2) is 0 Å². The number of rotatable bonds is 7. The van der Waals surface area contributed by atoms with Crippen LogP contribution in [0.4, 0.5) is 0 Å². The maximum absolute atomic E-state index is 14.2. The first-order valence-electron chi connectivity index (χ1n) is 19.1. The van der Waals surface area contributed by atoms with E-state index in [4.69, 9.17) is 28.4 Å². The van der Waals surface area contributed by atoms with E-state index in [1.807, 2.05) is 51.7 Å². The molecule has 14 heteroatoms. The van der Waals surface area contributed by atoms with Crippen molar-refractivity contribution in [1.29, 1.82) is 0 Å². The van der Waals surface area contributed by atoms with Gasteiger partial charge < -0.3 is 63.8 Å². The number of hydrogen-bond donors (Lipinski definition) is 5. The molecule has 0 amide bonds. The Kier molecular flexibility index (Phi) is 15.6. The molecule has 3 aliphatic heterocycles. The normalized spacial score (nSPS) is 49.6. The van der Waals surface area contributed by atoms with E-state index < -0.39 is 96.0 Å². The number of carbonyl (C=O) groups is 1. The van der Waals surface area contributed by atoms with Gasteiger partial charge in [0, 0.05) is 38.1 Å². The second kappa shape index (κ2) is 17.8. The number of cyclic esters (lactones) is 1. The topological polar surface area (TPSA) is 180 Å². The van der Waals surface area contributed by atoms with E-state index in [1.54, 1.807) is 41.5 Å². The standard InChI is InChI=1S/C38H72N2O12/c1-15-27-38(10,46)31(42)24(6)40(13)19-20(2)17-36(8,45)33(52-35-29(41)26(39(11)12)16-21(3)48-35)22(4)30(23(5)34(44)50-27)51-28-18-37(9,47-14)32(43)25(7)49-28/h20-33,35,41-43,45-46H,15-19H2,1-14H3/t20-,21?,22+,23-,24-,25?,26?,27-,28?,29?,30?,31-,32?,33?,35?,36-,37?,38-/m1/s1. The van der Waals surface area contributed by atoms with Crippen molar-refractivity contribution in [3.63, 3.8) is 0 Å². The first-order valence-corrected chi connectivity index (χ1v) is 19.1. The van der Waals surface area contributed by atoms with Gasteiger partial charge in [0.05, 0.1) is 41.5 Å². The molecule has 10 unspecified atom stereocenters. The number of ether oxygens (including phenoxy) is 6. The molecule has 3 heterocycles. The van der Waals surface area contributed by atoms with Gasteiger partial charge in [0.25, 0.3) is 0 Å². The van der Waals surface area contributed by atoms with Crippen LogP contribution in [0.5, 0.6) is 0 Å². The average molecular weight is 749 g/mol. The van der Waals surface area contributed by atoms with Gasteiger partial charge >= 0.3 is 5.97 Å². The summed E-state index contributed by atoms with van der Waals surface area (Å²) in [7, 11) is 7.12. The summed E-state index contributed by atoms with van der Waals surface area (Å²) in [4.78, 5) is 18.0. The Hall–Kier alpha value is -1.01. The van der Waals surface area contributed by atoms with E-state index in [0.29, 0.717) is 13.0 Å². The molecule has 0 radical (unpaired) electrons. The fourth-order valence-electron chi connectivity index (χ4n) is 8.74. The molecule has 52 heavy (non-hydrogen) atoms. The molecule has 0 aromatic rings. The van der Waals surface area contributed by atoms with E-state index in [1.165, 1.54) is 14.0 Å². The number of likely N-dealkylation sites (N-methyl/N-ethyl adjacent to an activating group) is 2. The van der Waals surface area contributed by atoms with Gasteiger partial charge in [-0.1, -0.05) is 20.8 Å². The summed E-state index contributed by atoms with van der Waals surface area (Å²) < 4.78 is 37.5. The Morgan fingerprint density at radius 3 is 2.12 bits per heavy atom. The maximum Gasteiger partial charge on any atom is 0.311 e. The predicted molar refractivity (Wildman–Crippen MR) is 194 cm³/mol. The summed E-state index contributed by atoms with van der Waals surface area (Å²) in [6.07, 6.45) is -8.19.